The molecule has 2 amide bonds. The van der Waals surface area contributed by atoms with E-state index in [1.807, 2.05) is 29.0 Å². The topological polar surface area (TPSA) is 88.8 Å². The van der Waals surface area contributed by atoms with E-state index in [2.05, 4.69) is 20.2 Å². The SMILES string of the molecule is O=C1N=C(N2CCOCC2)SC1=Cc1ccc(C(=O)NCCCn2ccnc2)cc1. The molecule has 156 valence electrons. The molecule has 30 heavy (non-hydrogen) atoms. The predicted octanol–water partition coefficient (Wildman–Crippen LogP) is 2.01. The number of morpholine rings is 1. The fourth-order valence-corrected chi connectivity index (χ4v) is 4.12. The molecular weight excluding hydrogens is 402 g/mol. The number of aliphatic imine (C=N–C) groups is 1. The predicted molar refractivity (Wildman–Crippen MR) is 116 cm³/mol. The van der Waals surface area contributed by atoms with Crippen LogP contribution in [0.2, 0.25) is 0 Å². The summed E-state index contributed by atoms with van der Waals surface area (Å²) in [5, 5.41) is 3.66. The number of ether oxygens (including phenoxy) is 1. The summed E-state index contributed by atoms with van der Waals surface area (Å²) < 4.78 is 7.32. The van der Waals surface area contributed by atoms with Crippen molar-refractivity contribution in [2.45, 2.75) is 13.0 Å². The van der Waals surface area contributed by atoms with Gasteiger partial charge in [0, 0.05) is 44.1 Å². The van der Waals surface area contributed by atoms with E-state index >= 15 is 0 Å². The van der Waals surface area contributed by atoms with Gasteiger partial charge >= 0.3 is 0 Å². The summed E-state index contributed by atoms with van der Waals surface area (Å²) >= 11 is 1.39. The molecule has 2 aliphatic heterocycles. The number of aryl methyl sites for hydroxylation is 1. The van der Waals surface area contributed by atoms with Crippen LogP contribution in [0.15, 0.2) is 52.9 Å². The number of amides is 2. The van der Waals surface area contributed by atoms with Gasteiger partial charge in [0.05, 0.1) is 24.4 Å². The average molecular weight is 426 g/mol. The molecule has 9 heteroatoms. The average Bonchev–Trinajstić information content (AvgIpc) is 3.42. The van der Waals surface area contributed by atoms with E-state index in [0.29, 0.717) is 30.2 Å². The van der Waals surface area contributed by atoms with Crippen molar-refractivity contribution in [3.05, 3.63) is 59.0 Å². The number of carbonyl (C=O) groups is 2. The molecule has 0 aliphatic carbocycles. The van der Waals surface area contributed by atoms with Crippen LogP contribution in [0.3, 0.4) is 0 Å². The Kier molecular flexibility index (Phi) is 6.60. The van der Waals surface area contributed by atoms with Crippen molar-refractivity contribution in [3.8, 4) is 0 Å². The minimum atomic E-state index is -0.221. The summed E-state index contributed by atoms with van der Waals surface area (Å²) in [5.41, 5.74) is 1.45. The standard InChI is InChI=1S/C21H23N5O3S/c27-19(23-6-1-8-25-9-7-22-15-25)17-4-2-16(3-5-17)14-18-20(28)24-21(30-18)26-10-12-29-13-11-26/h2-5,7,9,14-15H,1,6,8,10-13H2,(H,23,27). The van der Waals surface area contributed by atoms with Crippen molar-refractivity contribution in [3.63, 3.8) is 0 Å². The molecule has 1 fully saturated rings. The number of thioether (sulfide) groups is 1. The maximum Gasteiger partial charge on any atom is 0.286 e. The first kappa shape index (κ1) is 20.4. The lowest BCUT2D eigenvalue weighted by Crippen LogP contribution is -2.38. The summed E-state index contributed by atoms with van der Waals surface area (Å²) in [5.74, 6) is -0.328. The van der Waals surface area contributed by atoms with Gasteiger partial charge < -0.3 is 19.5 Å². The fourth-order valence-electron chi connectivity index (χ4n) is 3.15. The first-order valence-corrected chi connectivity index (χ1v) is 10.7. The minimum Gasteiger partial charge on any atom is -0.378 e. The maximum atomic E-state index is 12.3. The molecule has 4 rings (SSSR count). The number of hydrogen-bond acceptors (Lipinski definition) is 6. The van der Waals surface area contributed by atoms with Crippen LogP contribution in [-0.4, -0.2) is 64.3 Å². The summed E-state index contributed by atoms with van der Waals surface area (Å²) in [6.07, 6.45) is 8.05. The third kappa shape index (κ3) is 5.17. The molecule has 0 atom stereocenters. The summed E-state index contributed by atoms with van der Waals surface area (Å²) in [6, 6.07) is 7.22. The first-order chi connectivity index (χ1) is 14.7. The molecule has 1 aromatic heterocycles. The molecule has 2 aliphatic rings. The van der Waals surface area contributed by atoms with Crippen molar-refractivity contribution in [2.24, 2.45) is 4.99 Å². The Bertz CT molecular complexity index is 948. The van der Waals surface area contributed by atoms with Crippen LogP contribution >= 0.6 is 11.8 Å². The Morgan fingerprint density at radius 1 is 1.23 bits per heavy atom. The van der Waals surface area contributed by atoms with Gasteiger partial charge in [0.25, 0.3) is 11.8 Å². The minimum absolute atomic E-state index is 0.107. The summed E-state index contributed by atoms with van der Waals surface area (Å²) in [7, 11) is 0. The van der Waals surface area contributed by atoms with Gasteiger partial charge in [0.1, 0.15) is 0 Å². The molecule has 0 radical (unpaired) electrons. The third-order valence-corrected chi connectivity index (χ3v) is 5.84. The molecule has 1 saturated heterocycles. The number of aromatic nitrogens is 2. The molecule has 8 nitrogen and oxygen atoms in total. The zero-order valence-electron chi connectivity index (χ0n) is 16.5. The number of benzene rings is 1. The highest BCUT2D eigenvalue weighted by atomic mass is 32.2. The number of carbonyl (C=O) groups excluding carboxylic acids is 2. The van der Waals surface area contributed by atoms with Crippen LogP contribution in [0.25, 0.3) is 6.08 Å². The van der Waals surface area contributed by atoms with E-state index in [0.717, 1.165) is 36.8 Å². The van der Waals surface area contributed by atoms with Crippen LogP contribution in [0.4, 0.5) is 0 Å². The van der Waals surface area contributed by atoms with Gasteiger partial charge in [-0.3, -0.25) is 9.59 Å². The van der Waals surface area contributed by atoms with Gasteiger partial charge in [0.2, 0.25) is 0 Å². The van der Waals surface area contributed by atoms with E-state index in [-0.39, 0.29) is 11.8 Å². The van der Waals surface area contributed by atoms with Crippen molar-refractivity contribution in [1.29, 1.82) is 0 Å². The Morgan fingerprint density at radius 2 is 2.03 bits per heavy atom. The lowest BCUT2D eigenvalue weighted by molar-refractivity contribution is -0.113. The number of rotatable bonds is 6. The number of nitrogens with one attached hydrogen (secondary N) is 1. The van der Waals surface area contributed by atoms with Gasteiger partial charge in [-0.1, -0.05) is 12.1 Å². The van der Waals surface area contributed by atoms with E-state index < -0.39 is 0 Å². The highest BCUT2D eigenvalue weighted by Gasteiger charge is 2.27. The van der Waals surface area contributed by atoms with Crippen molar-refractivity contribution in [2.75, 3.05) is 32.8 Å². The molecule has 0 unspecified atom stereocenters. The van der Waals surface area contributed by atoms with E-state index in [1.165, 1.54) is 11.8 Å². The molecule has 0 bridgehead atoms. The summed E-state index contributed by atoms with van der Waals surface area (Å²) in [6.45, 7) is 4.21. The van der Waals surface area contributed by atoms with Crippen molar-refractivity contribution < 1.29 is 14.3 Å². The molecule has 0 saturated carbocycles. The van der Waals surface area contributed by atoms with E-state index in [9.17, 15) is 9.59 Å². The molecule has 2 aromatic rings. The number of imidazole rings is 1. The fraction of sp³-hybridized carbons (Fsp3) is 0.333. The number of nitrogens with zero attached hydrogens (tertiary/aromatic N) is 4. The van der Waals surface area contributed by atoms with Crippen molar-refractivity contribution >= 4 is 34.8 Å². The first-order valence-electron chi connectivity index (χ1n) is 9.88. The Hall–Kier alpha value is -2.91. The highest BCUT2D eigenvalue weighted by Crippen LogP contribution is 2.30. The number of hydrogen-bond donors (Lipinski definition) is 1. The molecule has 1 N–H and O–H groups in total. The maximum absolute atomic E-state index is 12.3. The smallest absolute Gasteiger partial charge is 0.286 e. The monoisotopic (exact) mass is 425 g/mol. The second kappa shape index (κ2) is 9.73. The van der Waals surface area contributed by atoms with Crippen LogP contribution in [-0.2, 0) is 16.1 Å². The van der Waals surface area contributed by atoms with Gasteiger partial charge in [-0.25, -0.2) is 4.98 Å². The molecular formula is C21H23N5O3S. The normalized spacial score (nSPS) is 18.0. The second-order valence-electron chi connectivity index (χ2n) is 6.94. The Balaban J connectivity index is 1.29. The molecule has 1 aromatic carbocycles. The Morgan fingerprint density at radius 3 is 2.77 bits per heavy atom. The van der Waals surface area contributed by atoms with E-state index in [1.54, 1.807) is 24.7 Å². The zero-order valence-corrected chi connectivity index (χ0v) is 17.3. The van der Waals surface area contributed by atoms with Crippen LogP contribution in [0.1, 0.15) is 22.3 Å². The van der Waals surface area contributed by atoms with E-state index in [4.69, 9.17) is 4.74 Å². The molecule has 3 heterocycles. The summed E-state index contributed by atoms with van der Waals surface area (Å²) in [4.78, 5) is 35.4. The quantitative estimate of drug-likeness (QED) is 0.563. The lowest BCUT2D eigenvalue weighted by Gasteiger charge is -2.27. The zero-order chi connectivity index (χ0) is 20.8. The van der Waals surface area contributed by atoms with Crippen LogP contribution in [0.5, 0.6) is 0 Å². The van der Waals surface area contributed by atoms with Crippen LogP contribution in [0, 0.1) is 0 Å². The van der Waals surface area contributed by atoms with Gasteiger partial charge in [-0.15, -0.1) is 0 Å². The second-order valence-corrected chi connectivity index (χ2v) is 7.95. The Labute approximate surface area is 179 Å². The van der Waals surface area contributed by atoms with Crippen LogP contribution < -0.4 is 5.32 Å². The van der Waals surface area contributed by atoms with Crippen molar-refractivity contribution in [1.82, 2.24) is 19.8 Å². The van der Waals surface area contributed by atoms with Gasteiger partial charge in [0.15, 0.2) is 5.17 Å². The molecule has 0 spiro atoms. The van der Waals surface area contributed by atoms with Gasteiger partial charge in [-0.05, 0) is 42.0 Å². The number of amidine groups is 1. The third-order valence-electron chi connectivity index (χ3n) is 4.80. The largest absolute Gasteiger partial charge is 0.378 e. The highest BCUT2D eigenvalue weighted by molar-refractivity contribution is 8.18. The van der Waals surface area contributed by atoms with Gasteiger partial charge in [-0.2, -0.15) is 4.99 Å². The lowest BCUT2D eigenvalue weighted by atomic mass is 10.1.